The number of benzene rings is 3. The Morgan fingerprint density at radius 3 is 1.79 bits per heavy atom. The second-order valence-corrected chi connectivity index (χ2v) is 9.00. The van der Waals surface area contributed by atoms with E-state index in [0.717, 1.165) is 11.1 Å². The van der Waals surface area contributed by atoms with Gasteiger partial charge in [0.25, 0.3) is 11.8 Å². The Kier molecular flexibility index (Phi) is 9.90. The summed E-state index contributed by atoms with van der Waals surface area (Å²) < 4.78 is 32.0. The highest BCUT2D eigenvalue weighted by Crippen LogP contribution is 2.36. The lowest BCUT2D eigenvalue weighted by atomic mass is 10.1. The van der Waals surface area contributed by atoms with E-state index in [4.69, 9.17) is 34.3 Å². The number of methoxy groups -OCH3 is 1. The molecule has 0 atom stereocenters. The van der Waals surface area contributed by atoms with Gasteiger partial charge in [-0.3, -0.25) is 20.4 Å². The third-order valence-electron chi connectivity index (χ3n) is 6.34. The van der Waals surface area contributed by atoms with E-state index in [1.807, 2.05) is 0 Å². The first-order chi connectivity index (χ1) is 20.3. The van der Waals surface area contributed by atoms with Crippen LogP contribution in [-0.2, 0) is 11.3 Å². The average molecular weight is 581 g/mol. The topological polar surface area (TPSA) is 169 Å². The predicted octanol–water partition coefficient (Wildman–Crippen LogP) is 2.72. The quantitative estimate of drug-likeness (QED) is 0.200. The van der Waals surface area contributed by atoms with Gasteiger partial charge >= 0.3 is 6.09 Å². The third kappa shape index (κ3) is 7.12. The average Bonchev–Trinajstić information content (AvgIpc) is 3.03. The zero-order valence-electron chi connectivity index (χ0n) is 23.4. The molecule has 42 heavy (non-hydrogen) atoms. The van der Waals surface area contributed by atoms with Gasteiger partial charge in [-0.05, 0) is 55.8 Å². The third-order valence-corrected chi connectivity index (χ3v) is 6.34. The molecule has 3 amide bonds. The molecule has 0 unspecified atom stereocenters. The number of ether oxygens (including phenoxy) is 6. The van der Waals surface area contributed by atoms with Crippen LogP contribution in [0.2, 0.25) is 0 Å². The summed E-state index contributed by atoms with van der Waals surface area (Å²) in [6.07, 6.45) is -0.769. The molecule has 222 valence electrons. The first-order valence-corrected chi connectivity index (χ1v) is 13.0. The van der Waals surface area contributed by atoms with Crippen molar-refractivity contribution in [3.05, 3.63) is 76.3 Å². The Hall–Kier alpha value is -5.17. The highest BCUT2D eigenvalue weighted by molar-refractivity contribution is 5.97. The number of hydrogen-bond acceptors (Lipinski definition) is 10. The van der Waals surface area contributed by atoms with Crippen molar-refractivity contribution in [2.24, 2.45) is 5.84 Å². The highest BCUT2D eigenvalue weighted by Gasteiger charge is 2.21. The van der Waals surface area contributed by atoms with Crippen LogP contribution in [-0.4, -0.2) is 51.4 Å². The number of nitrogens with two attached hydrogens (primary N) is 1. The van der Waals surface area contributed by atoms with Crippen molar-refractivity contribution in [3.8, 4) is 28.7 Å². The van der Waals surface area contributed by atoms with Crippen molar-refractivity contribution in [2.45, 2.75) is 20.5 Å². The van der Waals surface area contributed by atoms with Crippen molar-refractivity contribution in [3.63, 3.8) is 0 Å². The van der Waals surface area contributed by atoms with Gasteiger partial charge < -0.3 is 28.4 Å². The van der Waals surface area contributed by atoms with Gasteiger partial charge in [-0.15, -0.1) is 0 Å². The number of hydrazine groups is 2. The molecular weight excluding hydrogens is 548 g/mol. The molecule has 5 rings (SSSR count). The van der Waals surface area contributed by atoms with Crippen LogP contribution >= 0.6 is 0 Å². The molecule has 0 saturated heterocycles. The van der Waals surface area contributed by atoms with E-state index in [0.29, 0.717) is 71.9 Å². The smallest absolute Gasteiger partial charge is 0.426 e. The second-order valence-electron chi connectivity index (χ2n) is 9.00. The molecule has 3 aromatic carbocycles. The van der Waals surface area contributed by atoms with Crippen LogP contribution in [0.4, 0.5) is 4.79 Å². The largest absolute Gasteiger partial charge is 0.497 e. The molecular formula is C29H32N4O9. The molecule has 5 N–H and O–H groups in total. The maximum atomic E-state index is 12.3. The number of amides is 3. The fraction of sp³-hybridized carbons (Fsp3) is 0.276. The second kappa shape index (κ2) is 13.9. The molecule has 0 aromatic heterocycles. The number of nitrogen functional groups attached to an aromatic ring is 1. The summed E-state index contributed by atoms with van der Waals surface area (Å²) in [6.45, 7) is 5.56. The van der Waals surface area contributed by atoms with Gasteiger partial charge in [0, 0.05) is 22.3 Å². The van der Waals surface area contributed by atoms with E-state index < -0.39 is 12.0 Å². The molecule has 0 fully saturated rings. The molecule has 2 heterocycles. The number of rotatable bonds is 5. The number of carbonyl (C=O) groups excluding carboxylic acids is 3. The van der Waals surface area contributed by atoms with E-state index in [-0.39, 0.29) is 12.5 Å². The van der Waals surface area contributed by atoms with Crippen molar-refractivity contribution < 1.29 is 42.8 Å². The number of fused-ring (bicyclic) bond motifs is 2. The summed E-state index contributed by atoms with van der Waals surface area (Å²) in [4.78, 5) is 35.5. The molecule has 13 nitrogen and oxygen atoms in total. The SMILES string of the molecule is COc1ccc(COC(=O)NNC(=O)c2ccc3c(c2C)OCCO3)cc1.Cc1c(C(=O)NN)ccc2c1OCCO2. The van der Waals surface area contributed by atoms with E-state index in [9.17, 15) is 14.4 Å². The molecule has 0 bridgehead atoms. The molecule has 0 aliphatic carbocycles. The summed E-state index contributed by atoms with van der Waals surface area (Å²) in [5, 5.41) is 0. The fourth-order valence-electron chi connectivity index (χ4n) is 4.16. The number of nitrogens with one attached hydrogen (secondary N) is 3. The Labute approximate surface area is 242 Å². The standard InChI is InChI=1S/C19H20N2O6.C10H12N2O3/c1-12-15(7-8-16-17(12)26-10-9-25-16)18(22)20-21-19(23)27-11-13-3-5-14(24-2)6-4-13;1-6-7(10(13)12-11)2-3-8-9(6)15-5-4-14-8/h3-8H,9-11H2,1-2H3,(H,20,22)(H,21,23);2-3H,4-5,11H2,1H3,(H,12,13). The molecule has 2 aliphatic heterocycles. The van der Waals surface area contributed by atoms with Gasteiger partial charge in [-0.25, -0.2) is 16.1 Å². The molecule has 2 aliphatic rings. The monoisotopic (exact) mass is 580 g/mol. The normalized spacial score (nSPS) is 12.6. The Balaban J connectivity index is 0.000000227. The van der Waals surface area contributed by atoms with Gasteiger partial charge in [0.15, 0.2) is 23.0 Å². The van der Waals surface area contributed by atoms with Crippen LogP contribution in [0.3, 0.4) is 0 Å². The van der Waals surface area contributed by atoms with Crippen LogP contribution < -0.4 is 45.8 Å². The van der Waals surface area contributed by atoms with Crippen molar-refractivity contribution in [1.29, 1.82) is 0 Å². The summed E-state index contributed by atoms with van der Waals surface area (Å²) in [5.41, 5.74) is 9.68. The Bertz CT molecular complexity index is 1440. The van der Waals surface area contributed by atoms with E-state index in [1.54, 1.807) is 69.5 Å². The van der Waals surface area contributed by atoms with Crippen LogP contribution in [0.25, 0.3) is 0 Å². The number of hydrogen-bond donors (Lipinski definition) is 4. The minimum atomic E-state index is -0.769. The summed E-state index contributed by atoms with van der Waals surface area (Å²) >= 11 is 0. The fourth-order valence-corrected chi connectivity index (χ4v) is 4.16. The Morgan fingerprint density at radius 1 is 0.738 bits per heavy atom. The van der Waals surface area contributed by atoms with Crippen LogP contribution in [0, 0.1) is 13.8 Å². The van der Waals surface area contributed by atoms with Gasteiger partial charge in [-0.1, -0.05) is 12.1 Å². The lowest BCUT2D eigenvalue weighted by Gasteiger charge is -2.21. The first kappa shape index (κ1) is 29.8. The summed E-state index contributed by atoms with van der Waals surface area (Å²) in [7, 11) is 1.57. The first-order valence-electron chi connectivity index (χ1n) is 13.0. The van der Waals surface area contributed by atoms with Crippen molar-refractivity contribution in [1.82, 2.24) is 16.3 Å². The minimum Gasteiger partial charge on any atom is -0.497 e. The molecule has 13 heteroatoms. The zero-order valence-corrected chi connectivity index (χ0v) is 23.4. The van der Waals surface area contributed by atoms with E-state index >= 15 is 0 Å². The molecule has 0 saturated carbocycles. The van der Waals surface area contributed by atoms with Crippen molar-refractivity contribution in [2.75, 3.05) is 33.5 Å². The maximum absolute atomic E-state index is 12.3. The van der Waals surface area contributed by atoms with Crippen LogP contribution in [0.1, 0.15) is 37.4 Å². The Morgan fingerprint density at radius 2 is 1.26 bits per heavy atom. The van der Waals surface area contributed by atoms with Gasteiger partial charge in [0.2, 0.25) is 0 Å². The molecule has 3 aromatic rings. The minimum absolute atomic E-state index is 0.0642. The van der Waals surface area contributed by atoms with E-state index in [1.165, 1.54) is 0 Å². The predicted molar refractivity (Wildman–Crippen MR) is 150 cm³/mol. The lowest BCUT2D eigenvalue weighted by molar-refractivity contribution is 0.0902. The summed E-state index contributed by atoms with van der Waals surface area (Å²) in [5.74, 6) is 7.42. The van der Waals surface area contributed by atoms with E-state index in [2.05, 4.69) is 16.3 Å². The van der Waals surface area contributed by atoms with Crippen LogP contribution in [0.5, 0.6) is 28.7 Å². The van der Waals surface area contributed by atoms with Gasteiger partial charge in [0.05, 0.1) is 7.11 Å². The summed E-state index contributed by atoms with van der Waals surface area (Å²) in [6, 6.07) is 13.8. The maximum Gasteiger partial charge on any atom is 0.426 e. The molecule has 0 spiro atoms. The van der Waals surface area contributed by atoms with Gasteiger partial charge in [-0.2, -0.15) is 0 Å². The van der Waals surface area contributed by atoms with Crippen LogP contribution in [0.15, 0.2) is 48.5 Å². The van der Waals surface area contributed by atoms with Gasteiger partial charge in [0.1, 0.15) is 38.8 Å². The number of carbonyl (C=O) groups is 3. The lowest BCUT2D eigenvalue weighted by Crippen LogP contribution is -2.42. The highest BCUT2D eigenvalue weighted by atomic mass is 16.6. The van der Waals surface area contributed by atoms with Crippen molar-refractivity contribution >= 4 is 17.9 Å². The molecule has 0 radical (unpaired) electrons. The zero-order chi connectivity index (χ0) is 30.1.